The van der Waals surface area contributed by atoms with Crippen LogP contribution in [-0.4, -0.2) is 13.9 Å². The summed E-state index contributed by atoms with van der Waals surface area (Å²) in [5.41, 5.74) is -0.240. The molecule has 94 valence electrons. The second kappa shape index (κ2) is 4.29. The van der Waals surface area contributed by atoms with Crippen LogP contribution < -0.4 is 5.56 Å². The Kier molecular flexibility index (Phi) is 2.60. The van der Waals surface area contributed by atoms with Gasteiger partial charge in [-0.3, -0.25) is 14.9 Å². The Morgan fingerprint density at radius 2 is 2.11 bits per heavy atom. The number of rotatable bonds is 2. The van der Waals surface area contributed by atoms with Crippen molar-refractivity contribution in [2.45, 2.75) is 0 Å². The molecular weight excluding hydrogens is 266 g/mol. The molecular formula is C12H7N3O3S. The zero-order valence-corrected chi connectivity index (χ0v) is 10.3. The van der Waals surface area contributed by atoms with E-state index in [0.29, 0.717) is 15.9 Å². The summed E-state index contributed by atoms with van der Waals surface area (Å²) >= 11 is 1.15. The Bertz CT molecular complexity index is 823. The Hall–Kier alpha value is -2.54. The van der Waals surface area contributed by atoms with Crippen LogP contribution in [0.15, 0.2) is 47.4 Å². The number of non-ortho nitro benzene ring substituents is 1. The van der Waals surface area contributed by atoms with Gasteiger partial charge in [0.2, 0.25) is 0 Å². The standard InChI is InChI=1S/C12H7N3O3S/c16-12-9-5-4-8(15(17)18)7-10(9)19-14(12)11-3-1-2-6-13-11/h1-7H. The highest BCUT2D eigenvalue weighted by molar-refractivity contribution is 7.14. The highest BCUT2D eigenvalue weighted by atomic mass is 32.1. The molecule has 3 aromatic rings. The third-order valence-electron chi connectivity index (χ3n) is 2.64. The van der Waals surface area contributed by atoms with Crippen molar-refractivity contribution in [1.29, 1.82) is 0 Å². The number of hydrogen-bond donors (Lipinski definition) is 0. The second-order valence-corrected chi connectivity index (χ2v) is 4.80. The minimum absolute atomic E-state index is 0.0260. The lowest BCUT2D eigenvalue weighted by atomic mass is 10.2. The molecule has 7 heteroatoms. The summed E-state index contributed by atoms with van der Waals surface area (Å²) in [5.74, 6) is 0.511. The largest absolute Gasteiger partial charge is 0.274 e. The van der Waals surface area contributed by atoms with Crippen LogP contribution >= 0.6 is 11.5 Å². The highest BCUT2D eigenvalue weighted by Gasteiger charge is 2.13. The summed E-state index contributed by atoms with van der Waals surface area (Å²) in [6.45, 7) is 0. The number of nitro benzene ring substituents is 1. The molecule has 0 aliphatic rings. The van der Waals surface area contributed by atoms with Crippen LogP contribution in [0.3, 0.4) is 0 Å². The van der Waals surface area contributed by atoms with Gasteiger partial charge in [-0.05, 0) is 29.7 Å². The van der Waals surface area contributed by atoms with Crippen molar-refractivity contribution < 1.29 is 4.92 Å². The van der Waals surface area contributed by atoms with E-state index in [1.807, 2.05) is 0 Å². The van der Waals surface area contributed by atoms with E-state index in [9.17, 15) is 14.9 Å². The van der Waals surface area contributed by atoms with Crippen LogP contribution in [0.1, 0.15) is 0 Å². The van der Waals surface area contributed by atoms with Crippen molar-refractivity contribution in [3.05, 3.63) is 63.1 Å². The first-order valence-corrected chi connectivity index (χ1v) is 6.16. The molecule has 0 radical (unpaired) electrons. The second-order valence-electron chi connectivity index (χ2n) is 3.82. The lowest BCUT2D eigenvalue weighted by Gasteiger charge is -1.96. The van der Waals surface area contributed by atoms with E-state index in [4.69, 9.17) is 0 Å². The fraction of sp³-hybridized carbons (Fsp3) is 0. The van der Waals surface area contributed by atoms with Crippen LogP contribution in [0, 0.1) is 10.1 Å². The van der Waals surface area contributed by atoms with Gasteiger partial charge in [-0.15, -0.1) is 0 Å². The first-order chi connectivity index (χ1) is 9.16. The third kappa shape index (κ3) is 1.89. The summed E-state index contributed by atoms with van der Waals surface area (Å²) in [4.78, 5) is 26.5. The van der Waals surface area contributed by atoms with E-state index in [0.717, 1.165) is 11.5 Å². The maximum absolute atomic E-state index is 12.2. The first-order valence-electron chi connectivity index (χ1n) is 5.39. The van der Waals surface area contributed by atoms with Crippen molar-refractivity contribution in [3.63, 3.8) is 0 Å². The number of fused-ring (bicyclic) bond motifs is 1. The molecule has 6 nitrogen and oxygen atoms in total. The third-order valence-corrected chi connectivity index (χ3v) is 3.71. The lowest BCUT2D eigenvalue weighted by molar-refractivity contribution is -0.384. The molecule has 1 aromatic carbocycles. The smallest absolute Gasteiger partial charge is 0.267 e. The molecule has 3 rings (SSSR count). The summed E-state index contributed by atoms with van der Waals surface area (Å²) < 4.78 is 2.00. The first kappa shape index (κ1) is 11.5. The molecule has 0 bridgehead atoms. The summed E-state index contributed by atoms with van der Waals surface area (Å²) in [6, 6.07) is 9.46. The van der Waals surface area contributed by atoms with Gasteiger partial charge in [-0.2, -0.15) is 0 Å². The maximum Gasteiger partial charge on any atom is 0.274 e. The van der Waals surface area contributed by atoms with Gasteiger partial charge < -0.3 is 0 Å². The Morgan fingerprint density at radius 3 is 2.79 bits per heavy atom. The number of hydrogen-bond acceptors (Lipinski definition) is 5. The molecule has 0 saturated heterocycles. The van der Waals surface area contributed by atoms with Gasteiger partial charge in [0.05, 0.1) is 15.0 Å². The molecule has 0 aliphatic carbocycles. The molecule has 0 atom stereocenters. The minimum Gasteiger partial charge on any atom is -0.267 e. The van der Waals surface area contributed by atoms with Crippen molar-refractivity contribution in [1.82, 2.24) is 8.94 Å². The SMILES string of the molecule is O=c1c2ccc([N+](=O)[O-])cc2sn1-c1ccccn1. The molecule has 0 aliphatic heterocycles. The number of aromatic nitrogens is 2. The van der Waals surface area contributed by atoms with Gasteiger partial charge in [0.1, 0.15) is 5.82 Å². The molecule has 0 saturated carbocycles. The van der Waals surface area contributed by atoms with Crippen LogP contribution in [0.25, 0.3) is 15.9 Å². The lowest BCUT2D eigenvalue weighted by Crippen LogP contribution is -2.11. The Balaban J connectivity index is 2.26. The molecule has 0 N–H and O–H groups in total. The zero-order chi connectivity index (χ0) is 13.4. The fourth-order valence-corrected chi connectivity index (χ4v) is 2.76. The Morgan fingerprint density at radius 1 is 1.26 bits per heavy atom. The van der Waals surface area contributed by atoms with Gasteiger partial charge in [-0.1, -0.05) is 6.07 Å². The normalized spacial score (nSPS) is 10.7. The summed E-state index contributed by atoms with van der Waals surface area (Å²) in [6.07, 6.45) is 1.59. The van der Waals surface area contributed by atoms with Crippen LogP contribution in [0.4, 0.5) is 5.69 Å². The van der Waals surface area contributed by atoms with E-state index in [2.05, 4.69) is 4.98 Å². The van der Waals surface area contributed by atoms with Crippen LogP contribution in [-0.2, 0) is 0 Å². The zero-order valence-electron chi connectivity index (χ0n) is 9.52. The van der Waals surface area contributed by atoms with Crippen molar-refractivity contribution in [3.8, 4) is 5.82 Å². The predicted molar refractivity (Wildman–Crippen MR) is 71.9 cm³/mol. The van der Waals surface area contributed by atoms with E-state index in [1.54, 1.807) is 24.4 Å². The quantitative estimate of drug-likeness (QED) is 0.530. The average Bonchev–Trinajstić information content (AvgIpc) is 2.76. The number of nitrogens with zero attached hydrogens (tertiary/aromatic N) is 3. The monoisotopic (exact) mass is 273 g/mol. The predicted octanol–water partition coefficient (Wildman–Crippen LogP) is 2.36. The fourth-order valence-electron chi connectivity index (χ4n) is 1.75. The minimum atomic E-state index is -0.477. The van der Waals surface area contributed by atoms with Gasteiger partial charge >= 0.3 is 0 Å². The molecule has 0 spiro atoms. The van der Waals surface area contributed by atoms with E-state index in [1.165, 1.54) is 22.2 Å². The van der Waals surface area contributed by atoms with Crippen LogP contribution in [0.2, 0.25) is 0 Å². The van der Waals surface area contributed by atoms with E-state index < -0.39 is 4.92 Å². The number of nitro groups is 1. The number of benzene rings is 1. The summed E-state index contributed by atoms with van der Waals surface area (Å²) in [5, 5.41) is 11.2. The Labute approximate surface area is 110 Å². The van der Waals surface area contributed by atoms with Gasteiger partial charge in [0, 0.05) is 18.3 Å². The maximum atomic E-state index is 12.2. The molecule has 0 amide bonds. The summed E-state index contributed by atoms with van der Waals surface area (Å²) in [7, 11) is 0. The van der Waals surface area contributed by atoms with Gasteiger partial charge in [0.15, 0.2) is 0 Å². The van der Waals surface area contributed by atoms with Gasteiger partial charge in [-0.25, -0.2) is 8.94 Å². The number of pyridine rings is 1. The molecule has 19 heavy (non-hydrogen) atoms. The molecule has 0 fully saturated rings. The van der Waals surface area contributed by atoms with E-state index >= 15 is 0 Å². The molecule has 0 unspecified atom stereocenters. The van der Waals surface area contributed by atoms with Crippen molar-refractivity contribution >= 4 is 27.3 Å². The van der Waals surface area contributed by atoms with Crippen molar-refractivity contribution in [2.75, 3.05) is 0 Å². The average molecular weight is 273 g/mol. The molecule has 2 heterocycles. The van der Waals surface area contributed by atoms with Crippen molar-refractivity contribution in [2.24, 2.45) is 0 Å². The molecule has 2 aromatic heterocycles. The topological polar surface area (TPSA) is 78.0 Å². The van der Waals surface area contributed by atoms with Gasteiger partial charge in [0.25, 0.3) is 11.2 Å². The van der Waals surface area contributed by atoms with E-state index in [-0.39, 0.29) is 11.2 Å². The van der Waals surface area contributed by atoms with Crippen LogP contribution in [0.5, 0.6) is 0 Å². The highest BCUT2D eigenvalue weighted by Crippen LogP contribution is 2.23.